The average molecular weight is 455 g/mol. The lowest BCUT2D eigenvalue weighted by molar-refractivity contribution is -0.138. The summed E-state index contributed by atoms with van der Waals surface area (Å²) in [7, 11) is 1.14. The number of hydrogen-bond donors (Lipinski definition) is 2. The molecule has 0 bridgehead atoms. The molecule has 0 fully saturated rings. The largest absolute Gasteiger partial charge is 0.507 e. The van der Waals surface area contributed by atoms with Crippen molar-refractivity contribution in [3.8, 4) is 11.5 Å². The molecule has 0 spiro atoms. The Morgan fingerprint density at radius 1 is 1.19 bits per heavy atom. The number of rotatable bonds is 6. The molecule has 31 heavy (non-hydrogen) atoms. The summed E-state index contributed by atoms with van der Waals surface area (Å²) in [6, 6.07) is 6.20. The van der Waals surface area contributed by atoms with Gasteiger partial charge in [-0.3, -0.25) is 0 Å². The Kier molecular flexibility index (Phi) is 6.45. The molecule has 0 radical (unpaired) electrons. The monoisotopic (exact) mass is 454 g/mol. The van der Waals surface area contributed by atoms with E-state index in [1.807, 2.05) is 0 Å². The van der Waals surface area contributed by atoms with Crippen molar-refractivity contribution < 1.29 is 32.9 Å². The highest BCUT2D eigenvalue weighted by atomic mass is 35.5. The van der Waals surface area contributed by atoms with Crippen molar-refractivity contribution >= 4 is 17.6 Å². The third-order valence-corrected chi connectivity index (χ3v) is 5.20. The minimum Gasteiger partial charge on any atom is -0.507 e. The van der Waals surface area contributed by atoms with Crippen LogP contribution in [0, 0.1) is 0 Å². The molecule has 0 saturated carbocycles. The van der Waals surface area contributed by atoms with Crippen molar-refractivity contribution in [1.82, 2.24) is 9.55 Å². The van der Waals surface area contributed by atoms with Crippen LogP contribution in [0.25, 0.3) is 0 Å². The van der Waals surface area contributed by atoms with Crippen LogP contribution >= 0.6 is 11.6 Å². The second-order valence-electron chi connectivity index (χ2n) is 6.70. The first-order valence-corrected chi connectivity index (χ1v) is 9.48. The number of halogens is 4. The fraction of sp³-hybridized carbons (Fsp3) is 0.238. The van der Waals surface area contributed by atoms with Crippen molar-refractivity contribution in [2.75, 3.05) is 7.11 Å². The fourth-order valence-electron chi connectivity index (χ4n) is 3.32. The summed E-state index contributed by atoms with van der Waals surface area (Å²) in [6.45, 7) is -0.0616. The van der Waals surface area contributed by atoms with Crippen molar-refractivity contribution in [3.63, 3.8) is 0 Å². The predicted molar refractivity (Wildman–Crippen MR) is 106 cm³/mol. The minimum atomic E-state index is -4.49. The first kappa shape index (κ1) is 22.5. The van der Waals surface area contributed by atoms with Gasteiger partial charge in [0, 0.05) is 31.4 Å². The van der Waals surface area contributed by atoms with Crippen molar-refractivity contribution in [3.05, 3.63) is 75.8 Å². The molecule has 0 unspecified atom stereocenters. The molecule has 1 aromatic heterocycles. The van der Waals surface area contributed by atoms with Crippen LogP contribution in [-0.4, -0.2) is 32.8 Å². The van der Waals surface area contributed by atoms with Crippen LogP contribution in [0.1, 0.15) is 32.9 Å². The van der Waals surface area contributed by atoms with E-state index >= 15 is 0 Å². The van der Waals surface area contributed by atoms with E-state index in [9.17, 15) is 28.2 Å². The number of imidazole rings is 1. The predicted octanol–water partition coefficient (Wildman–Crippen LogP) is 4.59. The van der Waals surface area contributed by atoms with Gasteiger partial charge in [0.2, 0.25) is 0 Å². The van der Waals surface area contributed by atoms with E-state index < -0.39 is 29.2 Å². The molecular weight excluding hydrogens is 437 g/mol. The number of ether oxygens (including phenoxy) is 1. The van der Waals surface area contributed by atoms with Gasteiger partial charge in [0.05, 0.1) is 17.7 Å². The van der Waals surface area contributed by atoms with E-state index in [1.165, 1.54) is 24.4 Å². The summed E-state index contributed by atoms with van der Waals surface area (Å²) in [5, 5.41) is 19.8. The Labute approximate surface area is 180 Å². The third kappa shape index (κ3) is 4.77. The van der Waals surface area contributed by atoms with E-state index in [2.05, 4.69) is 9.72 Å². The van der Waals surface area contributed by atoms with Gasteiger partial charge in [-0.05, 0) is 23.6 Å². The molecule has 0 aliphatic rings. The Bertz CT molecular complexity index is 1110. The van der Waals surface area contributed by atoms with Gasteiger partial charge in [0.15, 0.2) is 0 Å². The van der Waals surface area contributed by atoms with Crippen LogP contribution in [-0.2, 0) is 30.3 Å². The van der Waals surface area contributed by atoms with E-state index in [0.717, 1.165) is 19.2 Å². The Hall–Kier alpha value is -3.20. The number of carbonyl (C=O) groups excluding carboxylic acids is 1. The standard InChI is InChI=1S/C21H18ClF3N2O4/c1-31-20(30)18-13(19(22)16(29)10-15(18)28)6-7-17-26-8-9-27(17)11-12-4-2-3-5-14(12)21(23,24)25/h2-5,8-10,28-29H,6-7,11H2,1H3. The van der Waals surface area contributed by atoms with Crippen LogP contribution < -0.4 is 0 Å². The number of aromatic hydroxyl groups is 2. The highest BCUT2D eigenvalue weighted by Gasteiger charge is 2.33. The zero-order valence-corrected chi connectivity index (χ0v) is 17.0. The van der Waals surface area contributed by atoms with Crippen molar-refractivity contribution in [2.24, 2.45) is 0 Å². The molecule has 0 aliphatic carbocycles. The zero-order valence-electron chi connectivity index (χ0n) is 16.3. The molecule has 2 N–H and O–H groups in total. The number of phenolic OH excluding ortho intramolecular Hbond substituents is 2. The number of phenols is 2. The molecule has 10 heteroatoms. The number of aryl methyl sites for hydroxylation is 1. The van der Waals surface area contributed by atoms with Crippen LogP contribution in [0.15, 0.2) is 42.7 Å². The number of esters is 1. The summed E-state index contributed by atoms with van der Waals surface area (Å²) >= 11 is 6.13. The van der Waals surface area contributed by atoms with E-state index in [-0.39, 0.29) is 41.1 Å². The van der Waals surface area contributed by atoms with Gasteiger partial charge in [0.25, 0.3) is 0 Å². The molecule has 0 atom stereocenters. The molecule has 0 aliphatic heterocycles. The Morgan fingerprint density at radius 2 is 1.90 bits per heavy atom. The van der Waals surface area contributed by atoms with E-state index in [0.29, 0.717) is 5.82 Å². The summed E-state index contributed by atoms with van der Waals surface area (Å²) in [5.74, 6) is -1.31. The van der Waals surface area contributed by atoms with E-state index in [1.54, 1.807) is 10.8 Å². The maximum Gasteiger partial charge on any atom is 0.416 e. The maximum atomic E-state index is 13.3. The summed E-state index contributed by atoms with van der Waals surface area (Å²) in [4.78, 5) is 16.3. The quantitative estimate of drug-likeness (QED) is 0.532. The number of benzene rings is 2. The number of nitrogens with zero attached hydrogens (tertiary/aromatic N) is 2. The van der Waals surface area contributed by atoms with E-state index in [4.69, 9.17) is 11.6 Å². The molecule has 3 aromatic rings. The van der Waals surface area contributed by atoms with Gasteiger partial charge in [0.1, 0.15) is 22.9 Å². The second-order valence-corrected chi connectivity index (χ2v) is 7.08. The summed E-state index contributed by atoms with van der Waals surface area (Å²) in [5.41, 5.74) is -0.691. The molecular formula is C21H18ClF3N2O4. The van der Waals surface area contributed by atoms with Crippen molar-refractivity contribution in [1.29, 1.82) is 0 Å². The number of methoxy groups -OCH3 is 1. The highest BCUT2D eigenvalue weighted by molar-refractivity contribution is 6.33. The molecule has 6 nitrogen and oxygen atoms in total. The smallest absolute Gasteiger partial charge is 0.416 e. The number of hydrogen-bond acceptors (Lipinski definition) is 5. The maximum absolute atomic E-state index is 13.3. The lowest BCUT2D eigenvalue weighted by Gasteiger charge is -2.15. The molecule has 3 rings (SSSR count). The van der Waals surface area contributed by atoms with Gasteiger partial charge in [-0.2, -0.15) is 13.2 Å². The SMILES string of the molecule is COC(=O)c1c(O)cc(O)c(Cl)c1CCc1nccn1Cc1ccccc1C(F)(F)F. The Balaban J connectivity index is 1.89. The van der Waals surface area contributed by atoms with Gasteiger partial charge < -0.3 is 19.5 Å². The first-order valence-electron chi connectivity index (χ1n) is 9.10. The van der Waals surface area contributed by atoms with Crippen LogP contribution in [0.4, 0.5) is 13.2 Å². The van der Waals surface area contributed by atoms with Gasteiger partial charge >= 0.3 is 12.1 Å². The first-order chi connectivity index (χ1) is 14.6. The lowest BCUT2D eigenvalue weighted by Crippen LogP contribution is -2.13. The normalized spacial score (nSPS) is 11.5. The van der Waals surface area contributed by atoms with Crippen LogP contribution in [0.3, 0.4) is 0 Å². The van der Waals surface area contributed by atoms with Crippen LogP contribution in [0.2, 0.25) is 5.02 Å². The van der Waals surface area contributed by atoms with Gasteiger partial charge in [-0.1, -0.05) is 29.8 Å². The molecule has 1 heterocycles. The minimum absolute atomic E-state index is 0.0616. The zero-order chi connectivity index (χ0) is 22.8. The van der Waals surface area contributed by atoms with Crippen LogP contribution in [0.5, 0.6) is 11.5 Å². The number of carbonyl (C=O) groups is 1. The summed E-state index contributed by atoms with van der Waals surface area (Å²) in [6.07, 6.45) is -1.24. The molecule has 2 aromatic carbocycles. The highest BCUT2D eigenvalue weighted by Crippen LogP contribution is 2.37. The molecule has 0 saturated heterocycles. The van der Waals surface area contributed by atoms with Gasteiger partial charge in [-0.15, -0.1) is 0 Å². The van der Waals surface area contributed by atoms with Gasteiger partial charge in [-0.25, -0.2) is 9.78 Å². The molecule has 0 amide bonds. The average Bonchev–Trinajstić information content (AvgIpc) is 3.15. The fourth-order valence-corrected chi connectivity index (χ4v) is 3.56. The lowest BCUT2D eigenvalue weighted by atomic mass is 10.0. The molecule has 164 valence electrons. The third-order valence-electron chi connectivity index (χ3n) is 4.77. The second kappa shape index (κ2) is 8.89. The topological polar surface area (TPSA) is 84.6 Å². The Morgan fingerprint density at radius 3 is 2.58 bits per heavy atom. The number of alkyl halides is 3. The summed E-state index contributed by atoms with van der Waals surface area (Å²) < 4.78 is 46.1. The van der Waals surface area contributed by atoms with Crippen molar-refractivity contribution in [2.45, 2.75) is 25.6 Å². The number of aromatic nitrogens is 2.